The van der Waals surface area contributed by atoms with Gasteiger partial charge in [-0.2, -0.15) is 0 Å². The molecule has 5 heteroatoms. The fourth-order valence-electron chi connectivity index (χ4n) is 1.44. The fraction of sp³-hybridized carbons (Fsp3) is 0.0769. The molecular weight excluding hydrogens is 359 g/mol. The van der Waals surface area contributed by atoms with Gasteiger partial charge in [0.15, 0.2) is 6.20 Å². The number of aryl methyl sites for hydroxylation is 1. The summed E-state index contributed by atoms with van der Waals surface area (Å²) in [6.07, 6.45) is 3.37. The third kappa shape index (κ3) is 3.99. The Bertz CT molecular complexity index is 532. The zero-order valence-corrected chi connectivity index (χ0v) is 12.8. The molecule has 0 atom stereocenters. The van der Waals surface area contributed by atoms with Crippen molar-refractivity contribution in [2.45, 2.75) is 9.79 Å². The van der Waals surface area contributed by atoms with Crippen LogP contribution in [0.4, 0.5) is 0 Å². The summed E-state index contributed by atoms with van der Waals surface area (Å²) in [5, 5.41) is 11.6. The molecule has 0 aliphatic heterocycles. The highest BCUT2D eigenvalue weighted by Gasteiger charge is 2.06. The quantitative estimate of drug-likeness (QED) is 0.259. The molecule has 1 N–H and O–H groups in total. The molecule has 18 heavy (non-hydrogen) atoms. The number of rotatable bonds is 3. The molecule has 1 aromatic carbocycles. The van der Waals surface area contributed by atoms with Crippen molar-refractivity contribution in [3.63, 3.8) is 0 Å². The third-order valence-corrected chi connectivity index (χ3v) is 3.33. The number of nitrogens with zero attached hydrogens (tertiary/aromatic N) is 2. The highest BCUT2D eigenvalue weighted by molar-refractivity contribution is 7.99. The van der Waals surface area contributed by atoms with E-state index in [-0.39, 0.29) is 24.0 Å². The summed E-state index contributed by atoms with van der Waals surface area (Å²) in [5.74, 6) is 0. The first-order valence-corrected chi connectivity index (χ1v) is 6.01. The predicted octanol–water partition coefficient (Wildman–Crippen LogP) is -0.526. The van der Waals surface area contributed by atoms with Gasteiger partial charge in [0, 0.05) is 21.9 Å². The second kappa shape index (κ2) is 7.38. The van der Waals surface area contributed by atoms with Crippen molar-refractivity contribution < 1.29 is 33.8 Å². The van der Waals surface area contributed by atoms with Crippen molar-refractivity contribution in [1.29, 1.82) is 0 Å². The van der Waals surface area contributed by atoms with E-state index in [1.807, 2.05) is 48.1 Å². The monoisotopic (exact) mass is 372 g/mol. The lowest BCUT2D eigenvalue weighted by Crippen LogP contribution is -3.00. The van der Waals surface area contributed by atoms with Gasteiger partial charge >= 0.3 is 0 Å². The Hall–Kier alpha value is -1.08. The van der Waals surface area contributed by atoms with E-state index in [4.69, 9.17) is 5.21 Å². The van der Waals surface area contributed by atoms with Gasteiger partial charge in [-0.05, 0) is 12.1 Å². The van der Waals surface area contributed by atoms with E-state index in [9.17, 15) is 0 Å². The minimum atomic E-state index is 0. The summed E-state index contributed by atoms with van der Waals surface area (Å²) in [4.78, 5) is 2.30. The molecule has 0 aliphatic rings. The highest BCUT2D eigenvalue weighted by atomic mass is 127. The molecule has 2 rings (SSSR count). The Balaban J connectivity index is 0.00000162. The Morgan fingerprint density at radius 2 is 1.89 bits per heavy atom. The molecule has 1 heterocycles. The van der Waals surface area contributed by atoms with E-state index in [2.05, 4.69) is 17.3 Å². The molecule has 0 unspecified atom stereocenters. The molecule has 2 aromatic rings. The maximum Gasteiger partial charge on any atom is 0.227 e. The standard InChI is InChI=1S/C13H12N2OS.HI/c1-15-8-7-13(9-11(15)10-14-16)17-12-5-3-2-4-6-12;/h2-10H,1H3;1H. The molecule has 0 amide bonds. The lowest BCUT2D eigenvalue weighted by molar-refractivity contribution is -0.672. The number of pyridine rings is 1. The number of hydrogen-bond donors (Lipinski definition) is 1. The first-order chi connectivity index (χ1) is 8.29. The van der Waals surface area contributed by atoms with Crippen LogP contribution in [-0.4, -0.2) is 11.4 Å². The fourth-order valence-corrected chi connectivity index (χ4v) is 2.32. The van der Waals surface area contributed by atoms with Crippen LogP contribution in [0.25, 0.3) is 0 Å². The Kier molecular flexibility index (Phi) is 6.14. The van der Waals surface area contributed by atoms with Gasteiger partial charge in [-0.15, -0.1) is 0 Å². The first-order valence-electron chi connectivity index (χ1n) is 5.19. The normalized spacial score (nSPS) is 10.3. The molecule has 0 radical (unpaired) electrons. The van der Waals surface area contributed by atoms with Crippen molar-refractivity contribution in [3.05, 3.63) is 54.4 Å². The predicted molar refractivity (Wildman–Crippen MR) is 67.6 cm³/mol. The molecule has 1 aromatic heterocycles. The van der Waals surface area contributed by atoms with Gasteiger partial charge in [-0.3, -0.25) is 0 Å². The maximum atomic E-state index is 8.57. The van der Waals surface area contributed by atoms with E-state index < -0.39 is 0 Å². The number of halogens is 1. The number of oxime groups is 1. The summed E-state index contributed by atoms with van der Waals surface area (Å²) in [5.41, 5.74) is 0.855. The van der Waals surface area contributed by atoms with E-state index in [1.165, 1.54) is 11.1 Å². The number of hydrogen-bond acceptors (Lipinski definition) is 3. The Labute approximate surface area is 128 Å². The topological polar surface area (TPSA) is 36.5 Å². The van der Waals surface area contributed by atoms with Gasteiger partial charge in [-0.1, -0.05) is 35.1 Å². The van der Waals surface area contributed by atoms with Crippen LogP contribution in [0.15, 0.2) is 63.6 Å². The van der Waals surface area contributed by atoms with Crippen molar-refractivity contribution >= 4 is 18.0 Å². The minimum Gasteiger partial charge on any atom is -1.00 e. The number of aromatic nitrogens is 1. The zero-order valence-electron chi connectivity index (χ0n) is 9.82. The number of benzene rings is 1. The molecule has 0 saturated heterocycles. The van der Waals surface area contributed by atoms with Crippen molar-refractivity contribution in [1.82, 2.24) is 0 Å². The first kappa shape index (κ1) is 15.0. The summed E-state index contributed by atoms with van der Waals surface area (Å²) < 4.78 is 1.90. The average molecular weight is 372 g/mol. The van der Waals surface area contributed by atoms with Crippen LogP contribution in [0.3, 0.4) is 0 Å². The van der Waals surface area contributed by atoms with Gasteiger partial charge in [0.05, 0.1) is 0 Å². The van der Waals surface area contributed by atoms with E-state index in [1.54, 1.807) is 11.8 Å². The van der Waals surface area contributed by atoms with Crippen LogP contribution in [0.5, 0.6) is 0 Å². The Morgan fingerprint density at radius 3 is 2.56 bits per heavy atom. The molecule has 0 saturated carbocycles. The van der Waals surface area contributed by atoms with Crippen LogP contribution >= 0.6 is 11.8 Å². The molecule has 0 spiro atoms. The molecule has 94 valence electrons. The van der Waals surface area contributed by atoms with Gasteiger partial charge in [0.25, 0.3) is 0 Å². The lowest BCUT2D eigenvalue weighted by atomic mass is 10.3. The van der Waals surface area contributed by atoms with Crippen molar-refractivity contribution in [3.8, 4) is 0 Å². The summed E-state index contributed by atoms with van der Waals surface area (Å²) >= 11 is 1.68. The molecular formula is C13H13IN2OS. The minimum absolute atomic E-state index is 0. The second-order valence-corrected chi connectivity index (χ2v) is 4.70. The molecule has 0 bridgehead atoms. The molecule has 0 fully saturated rings. The highest BCUT2D eigenvalue weighted by Crippen LogP contribution is 2.26. The van der Waals surface area contributed by atoms with Gasteiger partial charge in [0.1, 0.15) is 13.3 Å². The van der Waals surface area contributed by atoms with Crippen LogP contribution in [0.1, 0.15) is 5.69 Å². The molecule has 3 nitrogen and oxygen atoms in total. The van der Waals surface area contributed by atoms with E-state index in [0.29, 0.717) is 0 Å². The average Bonchev–Trinajstić information content (AvgIpc) is 2.35. The smallest absolute Gasteiger partial charge is 0.227 e. The van der Waals surface area contributed by atoms with Crippen molar-refractivity contribution in [2.24, 2.45) is 12.2 Å². The van der Waals surface area contributed by atoms with Crippen LogP contribution in [0.2, 0.25) is 0 Å². The summed E-state index contributed by atoms with van der Waals surface area (Å²) in [6.45, 7) is 0. The van der Waals surface area contributed by atoms with Crippen LogP contribution in [0, 0.1) is 0 Å². The van der Waals surface area contributed by atoms with Gasteiger partial charge in [0.2, 0.25) is 5.69 Å². The molecule has 0 aliphatic carbocycles. The Morgan fingerprint density at radius 1 is 1.17 bits per heavy atom. The third-order valence-electron chi connectivity index (χ3n) is 2.33. The van der Waals surface area contributed by atoms with E-state index >= 15 is 0 Å². The van der Waals surface area contributed by atoms with E-state index in [0.717, 1.165) is 10.6 Å². The van der Waals surface area contributed by atoms with Gasteiger partial charge < -0.3 is 29.2 Å². The van der Waals surface area contributed by atoms with Crippen molar-refractivity contribution in [2.75, 3.05) is 0 Å². The van der Waals surface area contributed by atoms with Crippen LogP contribution in [-0.2, 0) is 7.05 Å². The maximum absolute atomic E-state index is 8.57. The zero-order chi connectivity index (χ0) is 12.1. The van der Waals surface area contributed by atoms with Crippen LogP contribution < -0.4 is 28.5 Å². The second-order valence-electron chi connectivity index (χ2n) is 3.56. The lowest BCUT2D eigenvalue weighted by Gasteiger charge is -2.01. The summed E-state index contributed by atoms with van der Waals surface area (Å²) in [6, 6.07) is 14.2. The SMILES string of the molecule is C[n+]1ccc(Sc2ccccc2)cc1/C=N/O.[I-]. The van der Waals surface area contributed by atoms with Gasteiger partial charge in [-0.25, -0.2) is 4.57 Å². The summed E-state index contributed by atoms with van der Waals surface area (Å²) in [7, 11) is 1.91. The largest absolute Gasteiger partial charge is 1.00 e.